The summed E-state index contributed by atoms with van der Waals surface area (Å²) < 4.78 is 28.9. The van der Waals surface area contributed by atoms with Crippen molar-refractivity contribution in [2.75, 3.05) is 19.2 Å². The Kier molecular flexibility index (Phi) is 7.37. The third-order valence-corrected chi connectivity index (χ3v) is 7.07. The Bertz CT molecular complexity index is 1590. The van der Waals surface area contributed by atoms with E-state index >= 15 is 0 Å². The highest BCUT2D eigenvalue weighted by atomic mass is 35.5. The number of hydrogen-bond donors (Lipinski definition) is 1. The number of halogens is 2. The molecule has 1 aliphatic heterocycles. The number of hydrogen-bond acceptors (Lipinski definition) is 6. The molecule has 0 amide bonds. The zero-order valence-corrected chi connectivity index (χ0v) is 22.9. The SMILES string of the molecule is [B]C([B])([B])C([B])([B])n1nc(Cl)c2c1-c1cnc(NCOC)c(c1)O[C@H](C)c1cc(F)ccc1-c1nn(C)cc1C2. The predicted octanol–water partition coefficient (Wildman–Crippen LogP) is 2.72. The summed E-state index contributed by atoms with van der Waals surface area (Å²) in [5.41, 5.74) is 4.04. The third kappa shape index (κ3) is 4.96. The fourth-order valence-corrected chi connectivity index (χ4v) is 4.92. The van der Waals surface area contributed by atoms with Crippen LogP contribution in [0.25, 0.3) is 22.5 Å². The lowest BCUT2D eigenvalue weighted by Crippen LogP contribution is -2.49. The highest BCUT2D eigenvalue weighted by molar-refractivity contribution is 6.66. The highest BCUT2D eigenvalue weighted by Crippen LogP contribution is 2.43. The predicted molar refractivity (Wildman–Crippen MR) is 156 cm³/mol. The average molecular weight is 546 g/mol. The maximum absolute atomic E-state index is 14.5. The van der Waals surface area contributed by atoms with E-state index in [1.165, 1.54) is 23.9 Å². The smallest absolute Gasteiger partial charge is 0.170 e. The van der Waals surface area contributed by atoms with E-state index < -0.39 is 22.4 Å². The molecule has 4 aromatic rings. The molecule has 0 spiro atoms. The minimum atomic E-state index is -2.09. The van der Waals surface area contributed by atoms with Gasteiger partial charge in [0.15, 0.2) is 16.7 Å². The van der Waals surface area contributed by atoms with Crippen LogP contribution in [0, 0.1) is 5.82 Å². The van der Waals surface area contributed by atoms with Crippen LogP contribution in [0.5, 0.6) is 5.75 Å². The van der Waals surface area contributed by atoms with Crippen molar-refractivity contribution in [2.45, 2.75) is 29.9 Å². The van der Waals surface area contributed by atoms with Crippen LogP contribution in [0.3, 0.4) is 0 Å². The highest BCUT2D eigenvalue weighted by Gasteiger charge is 2.37. The number of nitrogens with one attached hydrogen (secondary N) is 1. The molecule has 3 aromatic heterocycles. The molecule has 1 aliphatic rings. The molecule has 0 aliphatic carbocycles. The average Bonchev–Trinajstić information content (AvgIpc) is 3.41. The minimum Gasteiger partial charge on any atom is -0.482 e. The van der Waals surface area contributed by atoms with Crippen LogP contribution in [-0.4, -0.2) is 77.6 Å². The van der Waals surface area contributed by atoms with Crippen LogP contribution in [0.1, 0.15) is 29.7 Å². The lowest BCUT2D eigenvalue weighted by Gasteiger charge is -2.43. The number of benzene rings is 1. The quantitative estimate of drug-likeness (QED) is 0.307. The van der Waals surface area contributed by atoms with Gasteiger partial charge in [-0.25, -0.2) is 9.37 Å². The number of fused-ring (bicyclic) bond motifs is 7. The number of aromatic nitrogens is 5. The van der Waals surface area contributed by atoms with Gasteiger partial charge in [0.1, 0.15) is 18.7 Å². The van der Waals surface area contributed by atoms with E-state index in [0.29, 0.717) is 45.2 Å². The fraction of sp³-hybridized carbons (Fsp3) is 0.320. The van der Waals surface area contributed by atoms with Crippen molar-refractivity contribution in [3.8, 4) is 28.3 Å². The summed E-state index contributed by atoms with van der Waals surface area (Å²) in [7, 11) is 34.0. The fourth-order valence-electron chi connectivity index (χ4n) is 4.69. The van der Waals surface area contributed by atoms with Gasteiger partial charge in [0.25, 0.3) is 0 Å². The molecular weight excluding hydrogens is 525 g/mol. The number of methoxy groups -OCH3 is 1. The van der Waals surface area contributed by atoms with E-state index in [4.69, 9.17) is 60.3 Å². The van der Waals surface area contributed by atoms with E-state index in [-0.39, 0.29) is 18.3 Å². The lowest BCUT2D eigenvalue weighted by molar-refractivity contribution is 0.214. The van der Waals surface area contributed by atoms with E-state index in [1.807, 2.05) is 13.1 Å². The van der Waals surface area contributed by atoms with Crippen LogP contribution in [0.4, 0.5) is 10.2 Å². The topological polar surface area (TPSA) is 79.0 Å². The van der Waals surface area contributed by atoms with Crippen LogP contribution in [-0.2, 0) is 23.5 Å². The third-order valence-electron chi connectivity index (χ3n) is 6.77. The Balaban J connectivity index is 1.84. The van der Waals surface area contributed by atoms with Gasteiger partial charge < -0.3 is 14.8 Å². The summed E-state index contributed by atoms with van der Waals surface area (Å²) in [5.74, 6) is 0.293. The zero-order valence-electron chi connectivity index (χ0n) is 22.2. The lowest BCUT2D eigenvalue weighted by atomic mass is 9.26. The van der Waals surface area contributed by atoms with E-state index in [9.17, 15) is 4.39 Å². The summed E-state index contributed by atoms with van der Waals surface area (Å²) in [6.45, 7) is 1.96. The monoisotopic (exact) mass is 546 g/mol. The maximum atomic E-state index is 14.5. The van der Waals surface area contributed by atoms with Crippen molar-refractivity contribution in [1.82, 2.24) is 24.5 Å². The molecule has 0 fully saturated rings. The summed E-state index contributed by atoms with van der Waals surface area (Å²) >= 11 is 6.72. The van der Waals surface area contributed by atoms with Gasteiger partial charge in [0.05, 0.1) is 50.6 Å². The number of ether oxygens (including phenoxy) is 2. The van der Waals surface area contributed by atoms with Gasteiger partial charge in [0.2, 0.25) is 0 Å². The van der Waals surface area contributed by atoms with Crippen molar-refractivity contribution in [1.29, 1.82) is 0 Å². The molecule has 0 unspecified atom stereocenters. The molecule has 192 valence electrons. The van der Waals surface area contributed by atoms with Gasteiger partial charge in [-0.2, -0.15) is 10.2 Å². The first-order valence-corrected chi connectivity index (χ1v) is 12.6. The number of rotatable bonds is 5. The van der Waals surface area contributed by atoms with Crippen molar-refractivity contribution in [3.05, 3.63) is 64.3 Å². The van der Waals surface area contributed by atoms with Gasteiger partial charge in [0, 0.05) is 60.8 Å². The Morgan fingerprint density at radius 1 is 1.20 bits per heavy atom. The van der Waals surface area contributed by atoms with Crippen molar-refractivity contribution in [3.63, 3.8) is 0 Å². The molecule has 8 nitrogen and oxygen atoms in total. The van der Waals surface area contributed by atoms with Crippen LogP contribution in [0.15, 0.2) is 36.7 Å². The molecule has 10 radical (unpaired) electrons. The molecule has 1 aromatic carbocycles. The molecule has 4 heterocycles. The van der Waals surface area contributed by atoms with E-state index in [2.05, 4.69) is 20.5 Å². The van der Waals surface area contributed by atoms with Gasteiger partial charge in [-0.05, 0) is 36.5 Å². The van der Waals surface area contributed by atoms with Gasteiger partial charge >= 0.3 is 0 Å². The van der Waals surface area contributed by atoms with Crippen molar-refractivity contribution < 1.29 is 13.9 Å². The standard InChI is InChI=1S/C25H21B5ClFN6O2/c1-12-17-8-15(32)4-5-16(17)20-14(10-37(2)35-20)6-18-21(38(36-22(18)31)25(29,30)24(26,27)28)13-7-19(40-12)23(33-9-13)34-11-39-3/h4-5,7-10,12H,6,11H2,1-3H3,(H,33,34)/t12-/m1/s1. The first kappa shape index (κ1) is 28.4. The molecule has 15 heteroatoms. The zero-order chi connectivity index (χ0) is 29.0. The Morgan fingerprint density at radius 2 is 1.95 bits per heavy atom. The minimum absolute atomic E-state index is 0.0862. The Hall–Kier alpha value is -3.11. The second kappa shape index (κ2) is 10.4. The van der Waals surface area contributed by atoms with Crippen molar-refractivity contribution in [2.24, 2.45) is 7.05 Å². The van der Waals surface area contributed by atoms with Crippen LogP contribution < -0.4 is 10.1 Å². The van der Waals surface area contributed by atoms with E-state index in [0.717, 1.165) is 5.56 Å². The summed E-state index contributed by atoms with van der Waals surface area (Å²) in [6.07, 6.45) is 3.02. The molecule has 2 bridgehead atoms. The summed E-state index contributed by atoms with van der Waals surface area (Å²) in [6, 6.07) is 6.19. The largest absolute Gasteiger partial charge is 0.482 e. The Morgan fingerprint density at radius 3 is 2.65 bits per heavy atom. The van der Waals surface area contributed by atoms with Gasteiger partial charge in [-0.1, -0.05) is 11.6 Å². The number of anilines is 1. The summed E-state index contributed by atoms with van der Waals surface area (Å²) in [5, 5.41) is 8.06. The number of nitrogens with zero attached hydrogens (tertiary/aromatic N) is 5. The number of aryl methyl sites for hydroxylation is 1. The second-order valence-corrected chi connectivity index (χ2v) is 10.2. The Labute approximate surface area is 243 Å². The molecule has 5 rings (SSSR count). The van der Waals surface area contributed by atoms with Gasteiger partial charge in [-0.15, -0.1) is 5.11 Å². The number of pyridine rings is 1. The normalized spacial score (nSPS) is 15.2. The van der Waals surface area contributed by atoms with Crippen LogP contribution in [0.2, 0.25) is 10.3 Å². The molecule has 0 saturated heterocycles. The summed E-state index contributed by atoms with van der Waals surface area (Å²) in [4.78, 5) is 4.55. The van der Waals surface area contributed by atoms with Gasteiger partial charge in [-0.3, -0.25) is 9.36 Å². The molecule has 0 saturated carbocycles. The van der Waals surface area contributed by atoms with Crippen molar-refractivity contribution >= 4 is 56.7 Å². The first-order chi connectivity index (χ1) is 18.8. The first-order valence-electron chi connectivity index (χ1n) is 12.3. The van der Waals surface area contributed by atoms with E-state index in [1.54, 1.807) is 30.1 Å². The van der Waals surface area contributed by atoms with Crippen LogP contribution >= 0.6 is 11.6 Å². The second-order valence-electron chi connectivity index (χ2n) is 9.81. The molecular formula is C25H21B5ClFN6O2. The molecule has 40 heavy (non-hydrogen) atoms. The molecule has 1 N–H and O–H groups in total. The molecule has 1 atom stereocenters. The maximum Gasteiger partial charge on any atom is 0.170 e.